The molecule has 0 radical (unpaired) electrons. The molecule has 3 atom stereocenters. The zero-order valence-electron chi connectivity index (χ0n) is 20.1. The van der Waals surface area contributed by atoms with Crippen molar-refractivity contribution in [1.82, 2.24) is 0 Å². The van der Waals surface area contributed by atoms with Crippen LogP contribution in [-0.2, 0) is 26.3 Å². The van der Waals surface area contributed by atoms with E-state index in [-0.39, 0.29) is 53.1 Å². The van der Waals surface area contributed by atoms with Gasteiger partial charge < -0.3 is 33.0 Å². The van der Waals surface area contributed by atoms with Crippen LogP contribution in [-0.4, -0.2) is 52.6 Å². The minimum absolute atomic E-state index is 0.0579. The Morgan fingerprint density at radius 2 is 1.79 bits per heavy atom. The highest BCUT2D eigenvalue weighted by molar-refractivity contribution is 7.88. The Morgan fingerprint density at radius 3 is 2.37 bits per heavy atom. The van der Waals surface area contributed by atoms with Crippen LogP contribution in [0.1, 0.15) is 22.6 Å². The Balaban J connectivity index is 2.02. The number of alkyl halides is 3. The number of hydrogen-bond donors (Lipinski definition) is 1. The van der Waals surface area contributed by atoms with E-state index in [9.17, 15) is 31.5 Å². The first-order valence-electron chi connectivity index (χ1n) is 11.0. The summed E-state index contributed by atoms with van der Waals surface area (Å²) >= 11 is 0. The van der Waals surface area contributed by atoms with Gasteiger partial charge in [0.15, 0.2) is 28.7 Å². The van der Waals surface area contributed by atoms with Crippen LogP contribution in [0.3, 0.4) is 0 Å². The van der Waals surface area contributed by atoms with Crippen LogP contribution < -0.4 is 23.1 Å². The van der Waals surface area contributed by atoms with Gasteiger partial charge in [-0.1, -0.05) is 6.08 Å². The normalized spacial score (nSPS) is 19.6. The summed E-state index contributed by atoms with van der Waals surface area (Å²) < 4.78 is 95.0. The van der Waals surface area contributed by atoms with Crippen molar-refractivity contribution in [2.45, 2.75) is 18.0 Å². The van der Waals surface area contributed by atoms with Crippen LogP contribution in [0, 0.1) is 11.8 Å². The van der Waals surface area contributed by atoms with Gasteiger partial charge in [0, 0.05) is 29.0 Å². The zero-order chi connectivity index (χ0) is 27.8. The standard InChI is InChI=1S/C24H23F3O10S/c1-4-12-10-34-23(29)21(12)20(13-5-14(9-28)22(33-3)19(6-13)32-2)15-7-17-18(36-11-35-17)8-16(15)37-38(30,31)24(25,26)27/h4-8,12,20-21,28H,1,9-11H2,2-3H3/t12-,20?,21?/m0/s1. The smallest absolute Gasteiger partial charge is 0.493 e. The number of aliphatic hydroxyl groups excluding tert-OH is 1. The molecular formula is C24H23F3O10S. The number of hydrogen-bond acceptors (Lipinski definition) is 10. The molecule has 0 saturated carbocycles. The first-order valence-corrected chi connectivity index (χ1v) is 12.5. The van der Waals surface area contributed by atoms with E-state index in [2.05, 4.69) is 10.8 Å². The average molecular weight is 560 g/mol. The lowest BCUT2D eigenvalue weighted by Gasteiger charge is -2.28. The maximum atomic E-state index is 13.3. The second-order valence-corrected chi connectivity index (χ2v) is 9.87. The predicted octanol–water partition coefficient (Wildman–Crippen LogP) is 3.26. The van der Waals surface area contributed by atoms with Gasteiger partial charge in [-0.05, 0) is 23.8 Å². The van der Waals surface area contributed by atoms with Crippen molar-refractivity contribution in [1.29, 1.82) is 0 Å². The fraction of sp³-hybridized carbons (Fsp3) is 0.375. The lowest BCUT2D eigenvalue weighted by Crippen LogP contribution is -2.29. The van der Waals surface area contributed by atoms with E-state index in [1.165, 1.54) is 38.5 Å². The second kappa shape index (κ2) is 10.3. The number of methoxy groups -OCH3 is 2. The van der Waals surface area contributed by atoms with Crippen LogP contribution in [0.25, 0.3) is 0 Å². The molecule has 1 fully saturated rings. The molecule has 1 saturated heterocycles. The fourth-order valence-electron chi connectivity index (χ4n) is 4.51. The van der Waals surface area contributed by atoms with Crippen molar-refractivity contribution < 1.29 is 59.4 Å². The molecule has 2 aliphatic rings. The SMILES string of the molecule is C=C[C@H]1COC(=O)C1C(c1cc(CO)c(OC)c(OC)c1)c1cc2c(cc1OS(=O)(=O)C(F)(F)F)OCO2. The van der Waals surface area contributed by atoms with Crippen LogP contribution in [0.5, 0.6) is 28.7 Å². The first-order chi connectivity index (χ1) is 17.9. The number of carbonyl (C=O) groups excluding carboxylic acids is 1. The summed E-state index contributed by atoms with van der Waals surface area (Å²) in [4.78, 5) is 13.0. The van der Waals surface area contributed by atoms with Crippen LogP contribution >= 0.6 is 0 Å². The quantitative estimate of drug-likeness (QED) is 0.211. The maximum Gasteiger partial charge on any atom is 0.534 e. The van der Waals surface area contributed by atoms with E-state index < -0.39 is 51.7 Å². The Kier molecular flexibility index (Phi) is 7.39. The molecule has 1 N–H and O–H groups in total. The molecule has 38 heavy (non-hydrogen) atoms. The topological polar surface area (TPSA) is 127 Å². The van der Waals surface area contributed by atoms with E-state index in [0.717, 1.165) is 6.07 Å². The minimum Gasteiger partial charge on any atom is -0.493 e. The number of aliphatic hydroxyl groups is 1. The molecule has 2 unspecified atom stereocenters. The van der Waals surface area contributed by atoms with Gasteiger partial charge in [-0.15, -0.1) is 6.58 Å². The first kappa shape index (κ1) is 27.4. The van der Waals surface area contributed by atoms with Crippen molar-refractivity contribution in [2.24, 2.45) is 11.8 Å². The third-order valence-electron chi connectivity index (χ3n) is 6.24. The second-order valence-electron chi connectivity index (χ2n) is 8.33. The molecule has 10 nitrogen and oxygen atoms in total. The van der Waals surface area contributed by atoms with E-state index >= 15 is 0 Å². The molecule has 2 aliphatic heterocycles. The molecule has 4 rings (SSSR count). The highest BCUT2D eigenvalue weighted by atomic mass is 32.2. The predicted molar refractivity (Wildman–Crippen MR) is 124 cm³/mol. The highest BCUT2D eigenvalue weighted by Crippen LogP contribution is 2.50. The number of ether oxygens (including phenoxy) is 5. The van der Waals surface area contributed by atoms with Gasteiger partial charge in [0.1, 0.15) is 0 Å². The Bertz CT molecular complexity index is 1330. The lowest BCUT2D eigenvalue weighted by atomic mass is 9.74. The number of esters is 1. The molecule has 0 aliphatic carbocycles. The van der Waals surface area contributed by atoms with E-state index in [1.54, 1.807) is 0 Å². The molecule has 2 aromatic rings. The highest BCUT2D eigenvalue weighted by Gasteiger charge is 2.50. The zero-order valence-corrected chi connectivity index (χ0v) is 20.9. The molecule has 206 valence electrons. The summed E-state index contributed by atoms with van der Waals surface area (Å²) in [7, 11) is -3.43. The third-order valence-corrected chi connectivity index (χ3v) is 7.21. The molecule has 0 aromatic heterocycles. The minimum atomic E-state index is -6.12. The summed E-state index contributed by atoms with van der Waals surface area (Å²) in [5.74, 6) is -3.94. The van der Waals surface area contributed by atoms with Crippen molar-refractivity contribution in [2.75, 3.05) is 27.6 Å². The van der Waals surface area contributed by atoms with Gasteiger partial charge in [0.25, 0.3) is 0 Å². The van der Waals surface area contributed by atoms with Gasteiger partial charge >= 0.3 is 21.6 Å². The summed E-state index contributed by atoms with van der Waals surface area (Å²) in [6, 6.07) is 5.12. The summed E-state index contributed by atoms with van der Waals surface area (Å²) in [6.45, 7) is 2.86. The molecule has 0 bridgehead atoms. The Hall–Kier alpha value is -3.65. The van der Waals surface area contributed by atoms with Crippen molar-refractivity contribution in [3.05, 3.63) is 53.6 Å². The van der Waals surface area contributed by atoms with Crippen molar-refractivity contribution >= 4 is 16.1 Å². The number of halogens is 3. The van der Waals surface area contributed by atoms with Gasteiger partial charge in [-0.25, -0.2) is 0 Å². The maximum absolute atomic E-state index is 13.3. The van der Waals surface area contributed by atoms with Crippen molar-refractivity contribution in [3.8, 4) is 28.7 Å². The molecule has 0 spiro atoms. The van der Waals surface area contributed by atoms with Gasteiger partial charge in [0.2, 0.25) is 6.79 Å². The molecular weight excluding hydrogens is 537 g/mol. The summed E-state index contributed by atoms with van der Waals surface area (Å²) in [6.07, 6.45) is 1.45. The van der Waals surface area contributed by atoms with Crippen LogP contribution in [0.15, 0.2) is 36.9 Å². The number of cyclic esters (lactones) is 1. The molecule has 2 aromatic carbocycles. The number of benzene rings is 2. The van der Waals surface area contributed by atoms with E-state index in [4.69, 9.17) is 23.7 Å². The number of carbonyl (C=O) groups is 1. The van der Waals surface area contributed by atoms with Crippen LogP contribution in [0.4, 0.5) is 13.2 Å². The van der Waals surface area contributed by atoms with Gasteiger partial charge in [-0.3, -0.25) is 4.79 Å². The molecule has 0 amide bonds. The third kappa shape index (κ3) is 4.80. The number of fused-ring (bicyclic) bond motifs is 1. The fourth-order valence-corrected chi connectivity index (χ4v) is 4.99. The van der Waals surface area contributed by atoms with Crippen LogP contribution in [0.2, 0.25) is 0 Å². The summed E-state index contributed by atoms with van der Waals surface area (Å²) in [5.41, 5.74) is -5.39. The monoisotopic (exact) mass is 560 g/mol. The van der Waals surface area contributed by atoms with Crippen molar-refractivity contribution in [3.63, 3.8) is 0 Å². The molecule has 2 heterocycles. The van der Waals surface area contributed by atoms with E-state index in [1.807, 2.05) is 0 Å². The van der Waals surface area contributed by atoms with Gasteiger partial charge in [0.05, 0.1) is 33.4 Å². The lowest BCUT2D eigenvalue weighted by molar-refractivity contribution is -0.141. The number of rotatable bonds is 9. The summed E-state index contributed by atoms with van der Waals surface area (Å²) in [5, 5.41) is 9.98. The van der Waals surface area contributed by atoms with E-state index in [0.29, 0.717) is 0 Å². The largest absolute Gasteiger partial charge is 0.534 e. The molecule has 14 heteroatoms. The average Bonchev–Trinajstić information content (AvgIpc) is 3.48. The Labute approximate surface area is 215 Å². The Morgan fingerprint density at radius 1 is 1.11 bits per heavy atom. The van der Waals surface area contributed by atoms with Gasteiger partial charge in [-0.2, -0.15) is 21.6 Å².